The van der Waals surface area contributed by atoms with Gasteiger partial charge in [0, 0.05) is 24.3 Å². The van der Waals surface area contributed by atoms with E-state index < -0.39 is 0 Å². The van der Waals surface area contributed by atoms with Crippen molar-refractivity contribution < 1.29 is 0 Å². The number of aryl methyl sites for hydroxylation is 1. The summed E-state index contributed by atoms with van der Waals surface area (Å²) in [5.41, 5.74) is 6.61. The van der Waals surface area contributed by atoms with Crippen LogP contribution in [0.25, 0.3) is 0 Å². The molecule has 0 spiro atoms. The highest BCUT2D eigenvalue weighted by Gasteiger charge is 2.11. The molecule has 4 heteroatoms. The Hall–Kier alpha value is -1.16. The van der Waals surface area contributed by atoms with E-state index in [-0.39, 0.29) is 6.04 Å². The number of hydrogen-bond acceptors (Lipinski definition) is 4. The van der Waals surface area contributed by atoms with Gasteiger partial charge in [-0.2, -0.15) is 0 Å². The second kappa shape index (κ2) is 4.91. The molecule has 0 aromatic carbocycles. The number of nitrogens with zero attached hydrogens (tertiary/aromatic N) is 2. The predicted octanol–water partition coefficient (Wildman–Crippen LogP) is 1.18. The van der Waals surface area contributed by atoms with E-state index in [0.717, 1.165) is 11.5 Å². The van der Waals surface area contributed by atoms with E-state index in [2.05, 4.69) is 29.1 Å². The molecular weight excluding hydrogens is 176 g/mol. The van der Waals surface area contributed by atoms with Gasteiger partial charge >= 0.3 is 0 Å². The molecule has 1 atom stereocenters. The standard InChI is InChI=1S/C10H18N4/c1-7(2)9(5-11)14-10-4-8(3)12-6-13-10/h4,6-7,9H,5,11H2,1-3H3,(H,12,13,14). The summed E-state index contributed by atoms with van der Waals surface area (Å²) in [6.07, 6.45) is 1.56. The molecule has 78 valence electrons. The molecule has 0 aliphatic heterocycles. The van der Waals surface area contributed by atoms with E-state index in [4.69, 9.17) is 5.73 Å². The number of aromatic nitrogens is 2. The van der Waals surface area contributed by atoms with Gasteiger partial charge in [-0.15, -0.1) is 0 Å². The molecule has 0 radical (unpaired) electrons. The summed E-state index contributed by atoms with van der Waals surface area (Å²) in [6, 6.07) is 2.19. The van der Waals surface area contributed by atoms with Crippen molar-refractivity contribution in [2.75, 3.05) is 11.9 Å². The lowest BCUT2D eigenvalue weighted by Gasteiger charge is -2.20. The summed E-state index contributed by atoms with van der Waals surface area (Å²) < 4.78 is 0. The van der Waals surface area contributed by atoms with Crippen molar-refractivity contribution >= 4 is 5.82 Å². The van der Waals surface area contributed by atoms with Crippen molar-refractivity contribution in [1.82, 2.24) is 9.97 Å². The van der Waals surface area contributed by atoms with Crippen LogP contribution in [0.4, 0.5) is 5.82 Å². The van der Waals surface area contributed by atoms with Gasteiger partial charge in [0.15, 0.2) is 0 Å². The zero-order valence-electron chi connectivity index (χ0n) is 8.99. The number of anilines is 1. The third-order valence-corrected chi connectivity index (χ3v) is 2.20. The Morgan fingerprint density at radius 2 is 2.14 bits per heavy atom. The largest absolute Gasteiger partial charge is 0.366 e. The molecule has 0 saturated carbocycles. The van der Waals surface area contributed by atoms with Crippen molar-refractivity contribution in [3.63, 3.8) is 0 Å². The maximum Gasteiger partial charge on any atom is 0.129 e. The first kappa shape index (κ1) is 10.9. The molecule has 0 bridgehead atoms. The Morgan fingerprint density at radius 3 is 2.64 bits per heavy atom. The zero-order valence-corrected chi connectivity index (χ0v) is 8.99. The molecule has 0 aliphatic carbocycles. The molecule has 0 fully saturated rings. The molecule has 0 saturated heterocycles. The van der Waals surface area contributed by atoms with Gasteiger partial charge in [0.2, 0.25) is 0 Å². The third-order valence-electron chi connectivity index (χ3n) is 2.20. The highest BCUT2D eigenvalue weighted by molar-refractivity contribution is 5.35. The first-order valence-electron chi connectivity index (χ1n) is 4.88. The summed E-state index contributed by atoms with van der Waals surface area (Å²) in [7, 11) is 0. The summed E-state index contributed by atoms with van der Waals surface area (Å²) in [6.45, 7) is 6.83. The summed E-state index contributed by atoms with van der Waals surface area (Å²) in [5, 5.41) is 3.29. The van der Waals surface area contributed by atoms with Crippen LogP contribution in [-0.4, -0.2) is 22.6 Å². The second-order valence-corrected chi connectivity index (χ2v) is 3.78. The van der Waals surface area contributed by atoms with Crippen LogP contribution in [0.15, 0.2) is 12.4 Å². The summed E-state index contributed by atoms with van der Waals surface area (Å²) in [5.74, 6) is 1.34. The minimum absolute atomic E-state index is 0.268. The lowest BCUT2D eigenvalue weighted by molar-refractivity contribution is 0.530. The second-order valence-electron chi connectivity index (χ2n) is 3.78. The number of hydrogen-bond donors (Lipinski definition) is 2. The molecule has 0 aliphatic rings. The molecule has 14 heavy (non-hydrogen) atoms. The Balaban J connectivity index is 2.67. The molecule has 3 N–H and O–H groups in total. The van der Waals surface area contributed by atoms with E-state index in [1.165, 1.54) is 0 Å². The topological polar surface area (TPSA) is 63.8 Å². The predicted molar refractivity (Wildman–Crippen MR) is 58.1 cm³/mol. The first-order valence-corrected chi connectivity index (χ1v) is 4.88. The average molecular weight is 194 g/mol. The lowest BCUT2D eigenvalue weighted by atomic mass is 10.1. The zero-order chi connectivity index (χ0) is 10.6. The minimum atomic E-state index is 0.268. The molecular formula is C10H18N4. The average Bonchev–Trinajstić information content (AvgIpc) is 2.14. The van der Waals surface area contributed by atoms with Crippen LogP contribution in [0.3, 0.4) is 0 Å². The molecule has 0 amide bonds. The fourth-order valence-electron chi connectivity index (χ4n) is 1.22. The van der Waals surface area contributed by atoms with Crippen LogP contribution in [-0.2, 0) is 0 Å². The number of nitrogens with one attached hydrogen (secondary N) is 1. The van der Waals surface area contributed by atoms with Crippen LogP contribution in [0.5, 0.6) is 0 Å². The van der Waals surface area contributed by atoms with E-state index in [1.54, 1.807) is 6.33 Å². The molecule has 1 aromatic rings. The number of rotatable bonds is 4. The fraction of sp³-hybridized carbons (Fsp3) is 0.600. The third kappa shape index (κ3) is 2.96. The van der Waals surface area contributed by atoms with Crippen LogP contribution >= 0.6 is 0 Å². The van der Waals surface area contributed by atoms with Crippen LogP contribution in [0.1, 0.15) is 19.5 Å². The van der Waals surface area contributed by atoms with Gasteiger partial charge in [0.25, 0.3) is 0 Å². The smallest absolute Gasteiger partial charge is 0.129 e. The molecule has 1 aromatic heterocycles. The Kier molecular flexibility index (Phi) is 3.83. The maximum atomic E-state index is 5.65. The van der Waals surface area contributed by atoms with E-state index in [9.17, 15) is 0 Å². The summed E-state index contributed by atoms with van der Waals surface area (Å²) >= 11 is 0. The van der Waals surface area contributed by atoms with Crippen LogP contribution < -0.4 is 11.1 Å². The van der Waals surface area contributed by atoms with Crippen molar-refractivity contribution in [2.45, 2.75) is 26.8 Å². The normalized spacial score (nSPS) is 12.9. The van der Waals surface area contributed by atoms with E-state index in [1.807, 2.05) is 13.0 Å². The molecule has 4 nitrogen and oxygen atoms in total. The lowest BCUT2D eigenvalue weighted by Crippen LogP contribution is -2.34. The maximum absolute atomic E-state index is 5.65. The van der Waals surface area contributed by atoms with E-state index in [0.29, 0.717) is 12.5 Å². The first-order chi connectivity index (χ1) is 6.63. The SMILES string of the molecule is Cc1cc(NC(CN)C(C)C)ncn1. The molecule has 1 unspecified atom stereocenters. The van der Waals surface area contributed by atoms with Crippen molar-refractivity contribution in [3.8, 4) is 0 Å². The Labute approximate surface area is 85.0 Å². The van der Waals surface area contributed by atoms with Gasteiger partial charge in [-0.05, 0) is 12.8 Å². The van der Waals surface area contributed by atoms with Gasteiger partial charge in [0.1, 0.15) is 12.1 Å². The molecule has 1 rings (SSSR count). The van der Waals surface area contributed by atoms with Crippen LogP contribution in [0.2, 0.25) is 0 Å². The van der Waals surface area contributed by atoms with Gasteiger partial charge in [0.05, 0.1) is 0 Å². The van der Waals surface area contributed by atoms with Gasteiger partial charge < -0.3 is 11.1 Å². The Morgan fingerprint density at radius 1 is 1.43 bits per heavy atom. The minimum Gasteiger partial charge on any atom is -0.366 e. The van der Waals surface area contributed by atoms with Gasteiger partial charge in [-0.3, -0.25) is 0 Å². The summed E-state index contributed by atoms with van der Waals surface area (Å²) in [4.78, 5) is 8.17. The molecule has 1 heterocycles. The highest BCUT2D eigenvalue weighted by atomic mass is 15.0. The van der Waals surface area contributed by atoms with Gasteiger partial charge in [-0.25, -0.2) is 9.97 Å². The fourth-order valence-corrected chi connectivity index (χ4v) is 1.22. The van der Waals surface area contributed by atoms with Crippen LogP contribution in [0, 0.1) is 12.8 Å². The van der Waals surface area contributed by atoms with Crippen molar-refractivity contribution in [2.24, 2.45) is 11.7 Å². The van der Waals surface area contributed by atoms with Gasteiger partial charge in [-0.1, -0.05) is 13.8 Å². The number of nitrogens with two attached hydrogens (primary N) is 1. The highest BCUT2D eigenvalue weighted by Crippen LogP contribution is 2.09. The van der Waals surface area contributed by atoms with E-state index >= 15 is 0 Å². The Bertz CT molecular complexity index is 285. The van der Waals surface area contributed by atoms with Crippen molar-refractivity contribution in [1.29, 1.82) is 0 Å². The quantitative estimate of drug-likeness (QED) is 0.755. The monoisotopic (exact) mass is 194 g/mol. The van der Waals surface area contributed by atoms with Crippen molar-refractivity contribution in [3.05, 3.63) is 18.1 Å².